The number of carbonyl (C=O) groups is 1. The predicted octanol–water partition coefficient (Wildman–Crippen LogP) is -0.459. The topological polar surface area (TPSA) is 98.2 Å². The summed E-state index contributed by atoms with van der Waals surface area (Å²) in [6.07, 6.45) is 0.239. The number of hydrogen-bond donors (Lipinski definition) is 2. The number of carbonyl (C=O) groups excluding carboxylic acids is 1. The van der Waals surface area contributed by atoms with Crippen LogP contribution < -0.4 is 10.4 Å². The molecule has 18 heavy (non-hydrogen) atoms. The first-order valence-electron chi connectivity index (χ1n) is 5.45. The van der Waals surface area contributed by atoms with Gasteiger partial charge in [0, 0.05) is 5.39 Å². The van der Waals surface area contributed by atoms with Crippen molar-refractivity contribution in [1.82, 2.24) is 9.97 Å². The molecule has 1 aromatic carbocycles. The van der Waals surface area contributed by atoms with E-state index in [9.17, 15) is 15.0 Å². The van der Waals surface area contributed by atoms with E-state index in [-0.39, 0.29) is 0 Å². The number of aliphatic hydroxyl groups is 1. The van der Waals surface area contributed by atoms with Gasteiger partial charge in [0.15, 0.2) is 0 Å². The molecular formula is C12H12N3O3-. The van der Waals surface area contributed by atoms with Crippen LogP contribution in [0.5, 0.6) is 0 Å². The van der Waals surface area contributed by atoms with Gasteiger partial charge in [0.1, 0.15) is 12.1 Å². The molecule has 0 aliphatic heterocycles. The number of benzene rings is 1. The van der Waals surface area contributed by atoms with Gasteiger partial charge in [0.25, 0.3) is 0 Å². The molecule has 2 unspecified atom stereocenters. The highest BCUT2D eigenvalue weighted by Gasteiger charge is 2.17. The van der Waals surface area contributed by atoms with Gasteiger partial charge in [-0.05, 0) is 19.1 Å². The van der Waals surface area contributed by atoms with Crippen molar-refractivity contribution in [2.45, 2.75) is 19.1 Å². The summed E-state index contributed by atoms with van der Waals surface area (Å²) in [5.41, 5.74) is 0.692. The van der Waals surface area contributed by atoms with Crippen LogP contribution in [0.2, 0.25) is 0 Å². The standard InChI is InChI=1S/C12H13N3O3/c1-7(16)10(12(17)18)15-11-8-4-2-3-5-9(8)13-6-14-11/h2-7,10,16H,1H3,(H,17,18)(H,13,14,15)/p-1. The first-order valence-corrected chi connectivity index (χ1v) is 5.45. The molecule has 1 aromatic heterocycles. The maximum absolute atomic E-state index is 10.9. The van der Waals surface area contributed by atoms with Crippen LogP contribution in [0.3, 0.4) is 0 Å². The summed E-state index contributed by atoms with van der Waals surface area (Å²) in [6.45, 7) is 1.37. The van der Waals surface area contributed by atoms with E-state index in [2.05, 4.69) is 15.3 Å². The molecule has 0 saturated carbocycles. The van der Waals surface area contributed by atoms with E-state index in [0.29, 0.717) is 16.7 Å². The Labute approximate surface area is 103 Å². The summed E-state index contributed by atoms with van der Waals surface area (Å²) < 4.78 is 0. The lowest BCUT2D eigenvalue weighted by Crippen LogP contribution is -2.47. The van der Waals surface area contributed by atoms with Crippen molar-refractivity contribution in [3.05, 3.63) is 30.6 Å². The minimum Gasteiger partial charge on any atom is -0.548 e. The second-order valence-electron chi connectivity index (χ2n) is 3.92. The number of para-hydroxylation sites is 1. The van der Waals surface area contributed by atoms with Crippen LogP contribution in [-0.4, -0.2) is 33.2 Å². The van der Waals surface area contributed by atoms with Gasteiger partial charge >= 0.3 is 0 Å². The number of aliphatic hydroxyl groups excluding tert-OH is 1. The van der Waals surface area contributed by atoms with Gasteiger partial charge in [-0.1, -0.05) is 12.1 Å². The number of nitrogens with one attached hydrogen (secondary N) is 1. The number of nitrogens with zero attached hydrogens (tertiary/aromatic N) is 2. The zero-order chi connectivity index (χ0) is 13.1. The van der Waals surface area contributed by atoms with Gasteiger partial charge in [-0.15, -0.1) is 0 Å². The molecule has 0 radical (unpaired) electrons. The van der Waals surface area contributed by atoms with Crippen molar-refractivity contribution in [2.75, 3.05) is 5.32 Å². The highest BCUT2D eigenvalue weighted by atomic mass is 16.4. The fraction of sp³-hybridized carbons (Fsp3) is 0.250. The molecule has 6 heteroatoms. The number of fused-ring (bicyclic) bond motifs is 1. The van der Waals surface area contributed by atoms with Crippen molar-refractivity contribution in [3.63, 3.8) is 0 Å². The summed E-state index contributed by atoms with van der Waals surface area (Å²) in [5, 5.41) is 23.6. The molecular weight excluding hydrogens is 234 g/mol. The van der Waals surface area contributed by atoms with Crippen molar-refractivity contribution in [1.29, 1.82) is 0 Å². The fourth-order valence-corrected chi connectivity index (χ4v) is 1.64. The second kappa shape index (κ2) is 4.97. The Hall–Kier alpha value is -2.21. The smallest absolute Gasteiger partial charge is 0.137 e. The van der Waals surface area contributed by atoms with E-state index < -0.39 is 18.1 Å². The Bertz CT molecular complexity index is 566. The molecule has 94 valence electrons. The van der Waals surface area contributed by atoms with Crippen LogP contribution in [0.4, 0.5) is 5.82 Å². The SMILES string of the molecule is CC(O)C(Nc1ncnc2ccccc12)C(=O)[O-]. The molecule has 2 atom stereocenters. The van der Waals surface area contributed by atoms with Crippen LogP contribution in [-0.2, 0) is 4.79 Å². The minimum absolute atomic E-state index is 0.357. The van der Waals surface area contributed by atoms with E-state index in [0.717, 1.165) is 0 Å². The van der Waals surface area contributed by atoms with Crippen LogP contribution in [0.1, 0.15) is 6.92 Å². The van der Waals surface area contributed by atoms with Crippen LogP contribution in [0.25, 0.3) is 10.9 Å². The number of carboxylic acids is 1. The molecule has 0 aliphatic rings. The van der Waals surface area contributed by atoms with Crippen LogP contribution in [0, 0.1) is 0 Å². The maximum Gasteiger partial charge on any atom is 0.137 e. The largest absolute Gasteiger partial charge is 0.548 e. The Kier molecular flexibility index (Phi) is 3.38. The first kappa shape index (κ1) is 12.3. The van der Waals surface area contributed by atoms with Gasteiger partial charge in [-0.3, -0.25) is 0 Å². The minimum atomic E-state index is -1.38. The van der Waals surface area contributed by atoms with Crippen molar-refractivity contribution >= 4 is 22.7 Å². The fourth-order valence-electron chi connectivity index (χ4n) is 1.64. The molecule has 2 N–H and O–H groups in total. The molecule has 0 fully saturated rings. The summed E-state index contributed by atoms with van der Waals surface area (Å²) in [7, 11) is 0. The highest BCUT2D eigenvalue weighted by molar-refractivity contribution is 5.90. The Morgan fingerprint density at radius 1 is 1.39 bits per heavy atom. The Balaban J connectivity index is 2.39. The first-order chi connectivity index (χ1) is 8.59. The molecule has 0 saturated heterocycles. The zero-order valence-electron chi connectivity index (χ0n) is 9.70. The summed E-state index contributed by atoms with van der Waals surface area (Å²) in [5.74, 6) is -1.02. The number of rotatable bonds is 4. The number of aromatic nitrogens is 2. The summed E-state index contributed by atoms with van der Waals surface area (Å²) in [4.78, 5) is 19.0. The van der Waals surface area contributed by atoms with Gasteiger partial charge < -0.3 is 20.3 Å². The van der Waals surface area contributed by atoms with E-state index in [4.69, 9.17) is 0 Å². The van der Waals surface area contributed by atoms with Gasteiger partial charge in [0.05, 0.1) is 23.6 Å². The third-order valence-corrected chi connectivity index (χ3v) is 2.57. The molecule has 2 rings (SSSR count). The third-order valence-electron chi connectivity index (χ3n) is 2.57. The van der Waals surface area contributed by atoms with E-state index >= 15 is 0 Å². The molecule has 0 bridgehead atoms. The average Bonchev–Trinajstić information content (AvgIpc) is 2.35. The second-order valence-corrected chi connectivity index (χ2v) is 3.92. The number of aliphatic carboxylic acids is 1. The molecule has 2 aromatic rings. The monoisotopic (exact) mass is 246 g/mol. The molecule has 0 aliphatic carbocycles. The molecule has 0 spiro atoms. The van der Waals surface area contributed by atoms with Crippen LogP contribution in [0.15, 0.2) is 30.6 Å². The van der Waals surface area contributed by atoms with E-state index in [1.807, 2.05) is 6.07 Å². The highest BCUT2D eigenvalue weighted by Crippen LogP contribution is 2.19. The molecule has 0 amide bonds. The summed E-state index contributed by atoms with van der Waals surface area (Å²) in [6, 6.07) is 5.96. The zero-order valence-corrected chi connectivity index (χ0v) is 9.70. The number of carboxylic acid groups (broad SMARTS) is 1. The van der Waals surface area contributed by atoms with Crippen molar-refractivity contribution in [3.8, 4) is 0 Å². The lowest BCUT2D eigenvalue weighted by atomic mass is 10.1. The Morgan fingerprint density at radius 3 is 2.78 bits per heavy atom. The normalized spacial score (nSPS) is 14.1. The van der Waals surface area contributed by atoms with Crippen molar-refractivity contribution < 1.29 is 15.0 Å². The number of hydrogen-bond acceptors (Lipinski definition) is 6. The third kappa shape index (κ3) is 2.38. The van der Waals surface area contributed by atoms with Crippen LogP contribution >= 0.6 is 0 Å². The predicted molar refractivity (Wildman–Crippen MR) is 63.6 cm³/mol. The van der Waals surface area contributed by atoms with Crippen molar-refractivity contribution in [2.24, 2.45) is 0 Å². The van der Waals surface area contributed by atoms with Gasteiger partial charge in [-0.2, -0.15) is 0 Å². The quantitative estimate of drug-likeness (QED) is 0.757. The number of anilines is 1. The maximum atomic E-state index is 10.9. The van der Waals surface area contributed by atoms with Gasteiger partial charge in [-0.25, -0.2) is 9.97 Å². The molecule has 6 nitrogen and oxygen atoms in total. The summed E-state index contributed by atoms with van der Waals surface area (Å²) >= 11 is 0. The van der Waals surface area contributed by atoms with Gasteiger partial charge in [0.2, 0.25) is 0 Å². The average molecular weight is 246 g/mol. The lowest BCUT2D eigenvalue weighted by molar-refractivity contribution is -0.308. The lowest BCUT2D eigenvalue weighted by Gasteiger charge is -2.23. The van der Waals surface area contributed by atoms with E-state index in [1.54, 1.807) is 18.2 Å². The Morgan fingerprint density at radius 2 is 2.11 bits per heavy atom. The van der Waals surface area contributed by atoms with E-state index in [1.165, 1.54) is 13.3 Å². The molecule has 1 heterocycles.